The Kier molecular flexibility index (Phi) is 7.56. The first-order valence-electron chi connectivity index (χ1n) is 8.12. The summed E-state index contributed by atoms with van der Waals surface area (Å²) < 4.78 is 0. The Hall–Kier alpha value is 0. The zero-order chi connectivity index (χ0) is 14.4. The fraction of sp³-hybridized carbons (Fsp3) is 1.00. The molecule has 0 N–H and O–H groups in total. The molecule has 0 fully saturated rings. The molecule has 0 aromatic carbocycles. The second-order valence-electron chi connectivity index (χ2n) is 8.25. The van der Waals surface area contributed by atoms with Gasteiger partial charge in [-0.05, 0) is 41.9 Å². The zero-order valence-electron chi connectivity index (χ0n) is 14.4. The Bertz CT molecular complexity index is 201. The van der Waals surface area contributed by atoms with Gasteiger partial charge in [0.15, 0.2) is 0 Å². The smallest absolute Gasteiger partial charge is 0.0354 e. The Morgan fingerprint density at radius 3 is 1.44 bits per heavy atom. The van der Waals surface area contributed by atoms with E-state index in [1.54, 1.807) is 0 Å². The summed E-state index contributed by atoms with van der Waals surface area (Å²) in [5.41, 5.74) is 0.952. The summed E-state index contributed by atoms with van der Waals surface area (Å²) in [7, 11) is 0. The third-order valence-electron chi connectivity index (χ3n) is 4.71. The van der Waals surface area contributed by atoms with E-state index >= 15 is 0 Å². The van der Waals surface area contributed by atoms with Crippen LogP contribution in [-0.2, 0) is 0 Å². The van der Waals surface area contributed by atoms with Gasteiger partial charge in [0, 0.05) is 0 Å². The number of hydrogen-bond donors (Lipinski definition) is 0. The molecule has 0 aliphatic carbocycles. The molecule has 0 aromatic rings. The lowest BCUT2D eigenvalue weighted by molar-refractivity contribution is 0.156. The van der Waals surface area contributed by atoms with E-state index in [4.69, 9.17) is 0 Å². The highest BCUT2D eigenvalue weighted by atomic mass is 14.3. The second-order valence-corrected chi connectivity index (χ2v) is 8.25. The van der Waals surface area contributed by atoms with E-state index in [1.807, 2.05) is 0 Å². The van der Waals surface area contributed by atoms with Crippen LogP contribution in [0, 0.1) is 22.7 Å². The molecule has 0 nitrogen and oxygen atoms in total. The van der Waals surface area contributed by atoms with E-state index < -0.39 is 0 Å². The molecule has 0 aliphatic rings. The van der Waals surface area contributed by atoms with Crippen LogP contribution in [0.15, 0.2) is 0 Å². The molecule has 0 bridgehead atoms. The fourth-order valence-electron chi connectivity index (χ4n) is 3.11. The third kappa shape index (κ3) is 6.81. The summed E-state index contributed by atoms with van der Waals surface area (Å²) in [5.74, 6) is 1.78. The molecule has 0 radical (unpaired) electrons. The van der Waals surface area contributed by atoms with Crippen molar-refractivity contribution in [1.82, 2.24) is 0 Å². The highest BCUT2D eigenvalue weighted by Gasteiger charge is 2.28. The molecule has 0 saturated heterocycles. The molecule has 0 aliphatic heterocycles. The molecule has 0 saturated carbocycles. The van der Waals surface area contributed by atoms with Gasteiger partial charge in [0.05, 0.1) is 0 Å². The maximum atomic E-state index is 2.42. The molecular weight excluding hydrogens is 216 g/mol. The predicted molar refractivity (Wildman–Crippen MR) is 84.9 cm³/mol. The van der Waals surface area contributed by atoms with Crippen LogP contribution in [0.5, 0.6) is 0 Å². The molecule has 0 heterocycles. The van der Waals surface area contributed by atoms with Gasteiger partial charge in [-0.25, -0.2) is 0 Å². The van der Waals surface area contributed by atoms with Crippen molar-refractivity contribution in [3.8, 4) is 0 Å². The summed E-state index contributed by atoms with van der Waals surface area (Å²) in [6.45, 7) is 19.1. The second kappa shape index (κ2) is 7.56. The van der Waals surface area contributed by atoms with Crippen LogP contribution in [0.3, 0.4) is 0 Å². The van der Waals surface area contributed by atoms with Crippen molar-refractivity contribution >= 4 is 0 Å². The number of hydrogen-bond acceptors (Lipinski definition) is 0. The zero-order valence-corrected chi connectivity index (χ0v) is 14.4. The normalized spacial score (nSPS) is 16.7. The first-order valence-corrected chi connectivity index (χ1v) is 8.12. The molecule has 0 spiro atoms. The quantitative estimate of drug-likeness (QED) is 0.474. The van der Waals surface area contributed by atoms with Crippen LogP contribution in [0.25, 0.3) is 0 Å². The molecular formula is C18H38. The Morgan fingerprint density at radius 2 is 1.11 bits per heavy atom. The van der Waals surface area contributed by atoms with E-state index in [2.05, 4.69) is 55.4 Å². The van der Waals surface area contributed by atoms with Crippen molar-refractivity contribution in [2.24, 2.45) is 22.7 Å². The Morgan fingerprint density at radius 1 is 0.667 bits per heavy atom. The molecule has 18 heavy (non-hydrogen) atoms. The largest absolute Gasteiger partial charge is 0.0654 e. The van der Waals surface area contributed by atoms with Gasteiger partial charge in [0.2, 0.25) is 0 Å². The Balaban J connectivity index is 4.41. The maximum absolute atomic E-state index is 2.42. The van der Waals surface area contributed by atoms with E-state index in [0.29, 0.717) is 10.8 Å². The molecule has 2 atom stereocenters. The average molecular weight is 255 g/mol. The van der Waals surface area contributed by atoms with Crippen LogP contribution in [0.2, 0.25) is 0 Å². The summed E-state index contributed by atoms with van der Waals surface area (Å²) in [4.78, 5) is 0. The van der Waals surface area contributed by atoms with Crippen molar-refractivity contribution < 1.29 is 0 Å². The van der Waals surface area contributed by atoms with Gasteiger partial charge in [0.25, 0.3) is 0 Å². The minimum Gasteiger partial charge on any atom is -0.0654 e. The molecule has 0 rings (SSSR count). The molecule has 0 amide bonds. The highest BCUT2D eigenvalue weighted by Crippen LogP contribution is 2.39. The average Bonchev–Trinajstić information content (AvgIpc) is 2.19. The molecule has 110 valence electrons. The van der Waals surface area contributed by atoms with Gasteiger partial charge in [0.1, 0.15) is 0 Å². The van der Waals surface area contributed by atoms with Crippen molar-refractivity contribution in [2.75, 3.05) is 0 Å². The summed E-state index contributed by atoms with van der Waals surface area (Å²) >= 11 is 0. The lowest BCUT2D eigenvalue weighted by Crippen LogP contribution is -2.25. The van der Waals surface area contributed by atoms with Gasteiger partial charge in [-0.1, -0.05) is 74.7 Å². The minimum absolute atomic E-state index is 0.474. The van der Waals surface area contributed by atoms with Crippen LogP contribution in [0.1, 0.15) is 93.9 Å². The summed E-state index contributed by atoms with van der Waals surface area (Å²) in [5, 5.41) is 0. The van der Waals surface area contributed by atoms with Crippen molar-refractivity contribution in [2.45, 2.75) is 93.9 Å². The van der Waals surface area contributed by atoms with Crippen LogP contribution in [0.4, 0.5) is 0 Å². The standard InChI is InChI=1S/C18H38/c1-9-11-12-16(18(6,7)8)14-13-15(10-2)17(3,4)5/h15-16H,9-14H2,1-8H3. The van der Waals surface area contributed by atoms with Crippen molar-refractivity contribution in [3.05, 3.63) is 0 Å². The van der Waals surface area contributed by atoms with E-state index in [9.17, 15) is 0 Å². The predicted octanol–water partition coefficient (Wildman–Crippen LogP) is 6.69. The summed E-state index contributed by atoms with van der Waals surface area (Å²) in [6, 6.07) is 0. The topological polar surface area (TPSA) is 0 Å². The van der Waals surface area contributed by atoms with E-state index in [0.717, 1.165) is 11.8 Å². The van der Waals surface area contributed by atoms with Gasteiger partial charge >= 0.3 is 0 Å². The lowest BCUT2D eigenvalue weighted by Gasteiger charge is -2.35. The number of unbranched alkanes of at least 4 members (excludes halogenated alkanes) is 1. The molecule has 2 unspecified atom stereocenters. The minimum atomic E-state index is 0.474. The highest BCUT2D eigenvalue weighted by molar-refractivity contribution is 4.78. The van der Waals surface area contributed by atoms with Gasteiger partial charge in [-0.2, -0.15) is 0 Å². The summed E-state index contributed by atoms with van der Waals surface area (Å²) in [6.07, 6.45) is 8.30. The van der Waals surface area contributed by atoms with Crippen LogP contribution >= 0.6 is 0 Å². The molecule has 0 heteroatoms. The van der Waals surface area contributed by atoms with Crippen molar-refractivity contribution in [3.63, 3.8) is 0 Å². The fourth-order valence-corrected chi connectivity index (χ4v) is 3.11. The van der Waals surface area contributed by atoms with Crippen LogP contribution in [-0.4, -0.2) is 0 Å². The SMILES string of the molecule is CCCCC(CCC(CC)C(C)(C)C)C(C)(C)C. The van der Waals surface area contributed by atoms with Gasteiger partial charge < -0.3 is 0 Å². The number of rotatable bonds is 7. The van der Waals surface area contributed by atoms with E-state index in [1.165, 1.54) is 38.5 Å². The first kappa shape index (κ1) is 18.0. The molecule has 0 aromatic heterocycles. The third-order valence-corrected chi connectivity index (χ3v) is 4.71. The van der Waals surface area contributed by atoms with Gasteiger partial charge in [-0.15, -0.1) is 0 Å². The van der Waals surface area contributed by atoms with Crippen molar-refractivity contribution in [1.29, 1.82) is 0 Å². The monoisotopic (exact) mass is 254 g/mol. The first-order chi connectivity index (χ1) is 8.12. The maximum Gasteiger partial charge on any atom is -0.0354 e. The van der Waals surface area contributed by atoms with Crippen LogP contribution < -0.4 is 0 Å². The van der Waals surface area contributed by atoms with E-state index in [-0.39, 0.29) is 0 Å². The lowest BCUT2D eigenvalue weighted by atomic mass is 9.70. The Labute approximate surface area is 117 Å². The van der Waals surface area contributed by atoms with Gasteiger partial charge in [-0.3, -0.25) is 0 Å².